The smallest absolute Gasteiger partial charge is 0.305 e. The summed E-state index contributed by atoms with van der Waals surface area (Å²) < 4.78 is 18.3. The first-order valence-corrected chi connectivity index (χ1v) is 7.79. The van der Waals surface area contributed by atoms with Crippen molar-refractivity contribution in [2.24, 2.45) is 5.16 Å². The average Bonchev–Trinajstić information content (AvgIpc) is 2.99. The summed E-state index contributed by atoms with van der Waals surface area (Å²) >= 11 is 0. The Morgan fingerprint density at radius 1 is 1.38 bits per heavy atom. The van der Waals surface area contributed by atoms with Gasteiger partial charge in [-0.15, -0.1) is 0 Å². The number of phenolic OH excluding ortho intramolecular Hbond substituents is 1. The molecule has 0 spiro atoms. The lowest BCUT2D eigenvalue weighted by Gasteiger charge is -2.07. The lowest BCUT2D eigenvalue weighted by molar-refractivity contribution is -0.140. The molecule has 0 saturated heterocycles. The number of methoxy groups -OCH3 is 1. The van der Waals surface area contributed by atoms with E-state index in [-0.39, 0.29) is 29.5 Å². The van der Waals surface area contributed by atoms with E-state index in [0.29, 0.717) is 37.8 Å². The van der Waals surface area contributed by atoms with Gasteiger partial charge in [-0.05, 0) is 25.0 Å². The molecule has 0 amide bonds. The standard InChI is InChI=1S/C17H20FNO5/c1-23-17(22)5-3-2-4-11(20)8-13-10-16(19-24-13)14-7-6-12(21)9-15(14)18/h6-7,9,13,21H,2-5,8,10H2,1H3. The molecule has 1 heterocycles. The van der Waals surface area contributed by atoms with Gasteiger partial charge in [-0.2, -0.15) is 0 Å². The molecule has 0 saturated carbocycles. The molecule has 0 bridgehead atoms. The molecular weight excluding hydrogens is 317 g/mol. The van der Waals surface area contributed by atoms with E-state index in [9.17, 15) is 19.1 Å². The van der Waals surface area contributed by atoms with Crippen LogP contribution in [0.15, 0.2) is 23.4 Å². The van der Waals surface area contributed by atoms with Gasteiger partial charge in [0.2, 0.25) is 0 Å². The van der Waals surface area contributed by atoms with Crippen molar-refractivity contribution in [3.8, 4) is 5.75 Å². The minimum absolute atomic E-state index is 0.0208. The summed E-state index contributed by atoms with van der Waals surface area (Å²) in [5.74, 6) is -0.996. The van der Waals surface area contributed by atoms with Crippen LogP contribution in [0.5, 0.6) is 5.75 Å². The maximum atomic E-state index is 13.8. The van der Waals surface area contributed by atoms with Crippen molar-refractivity contribution in [1.29, 1.82) is 0 Å². The molecule has 0 fully saturated rings. The number of carbonyl (C=O) groups excluding carboxylic acids is 2. The van der Waals surface area contributed by atoms with Gasteiger partial charge in [-0.3, -0.25) is 9.59 Å². The highest BCUT2D eigenvalue weighted by atomic mass is 19.1. The second-order valence-corrected chi connectivity index (χ2v) is 5.66. The van der Waals surface area contributed by atoms with Crippen molar-refractivity contribution in [1.82, 2.24) is 0 Å². The van der Waals surface area contributed by atoms with Crippen molar-refractivity contribution in [3.05, 3.63) is 29.6 Å². The second kappa shape index (κ2) is 8.42. The second-order valence-electron chi connectivity index (χ2n) is 5.66. The SMILES string of the molecule is COC(=O)CCCCC(=O)CC1CC(c2ccc(O)cc2F)=NO1. The lowest BCUT2D eigenvalue weighted by Crippen LogP contribution is -2.15. The number of Topliss-reactive ketones (excluding diaryl/α,β-unsaturated/α-hetero) is 1. The van der Waals surface area contributed by atoms with Crippen LogP contribution < -0.4 is 0 Å². The molecule has 24 heavy (non-hydrogen) atoms. The number of benzene rings is 1. The Hall–Kier alpha value is -2.44. The fraction of sp³-hybridized carbons (Fsp3) is 0.471. The normalized spacial score (nSPS) is 16.4. The van der Waals surface area contributed by atoms with E-state index in [1.165, 1.54) is 19.2 Å². The minimum atomic E-state index is -0.577. The van der Waals surface area contributed by atoms with Crippen LogP contribution in [0.3, 0.4) is 0 Å². The molecule has 1 aromatic rings. The van der Waals surface area contributed by atoms with Crippen molar-refractivity contribution in [2.75, 3.05) is 7.11 Å². The highest BCUT2D eigenvalue weighted by Gasteiger charge is 2.26. The predicted molar refractivity (Wildman–Crippen MR) is 84.2 cm³/mol. The summed E-state index contributed by atoms with van der Waals surface area (Å²) in [6.07, 6.45) is 2.02. The number of unbranched alkanes of at least 4 members (excludes halogenated alkanes) is 1. The van der Waals surface area contributed by atoms with Gasteiger partial charge < -0.3 is 14.7 Å². The van der Waals surface area contributed by atoms with Crippen molar-refractivity contribution >= 4 is 17.5 Å². The fourth-order valence-corrected chi connectivity index (χ4v) is 2.48. The molecule has 7 heteroatoms. The van der Waals surface area contributed by atoms with Crippen LogP contribution in [-0.4, -0.2) is 35.8 Å². The van der Waals surface area contributed by atoms with E-state index in [1.54, 1.807) is 0 Å². The summed E-state index contributed by atoms with van der Waals surface area (Å²) in [4.78, 5) is 28.1. The third kappa shape index (κ3) is 5.04. The summed E-state index contributed by atoms with van der Waals surface area (Å²) in [5.41, 5.74) is 0.691. The Labute approximate surface area is 139 Å². The molecule has 0 radical (unpaired) electrons. The first kappa shape index (κ1) is 17.9. The molecule has 1 aromatic carbocycles. The molecule has 1 unspecified atom stereocenters. The van der Waals surface area contributed by atoms with Crippen LogP contribution in [0.1, 0.15) is 44.1 Å². The molecule has 1 aliphatic rings. The summed E-state index contributed by atoms with van der Waals surface area (Å²) in [5, 5.41) is 13.1. The Kier molecular flexibility index (Phi) is 6.28. The van der Waals surface area contributed by atoms with Gasteiger partial charge in [0.1, 0.15) is 23.5 Å². The number of hydrogen-bond donors (Lipinski definition) is 1. The zero-order chi connectivity index (χ0) is 17.5. The number of ether oxygens (including phenoxy) is 1. The third-order valence-electron chi connectivity index (χ3n) is 3.77. The molecule has 1 N–H and O–H groups in total. The molecule has 130 valence electrons. The van der Waals surface area contributed by atoms with E-state index in [4.69, 9.17) is 4.84 Å². The zero-order valence-electron chi connectivity index (χ0n) is 13.5. The molecular formula is C17H20FNO5. The number of oxime groups is 1. The monoisotopic (exact) mass is 337 g/mol. The first-order chi connectivity index (χ1) is 11.5. The Morgan fingerprint density at radius 3 is 2.83 bits per heavy atom. The van der Waals surface area contributed by atoms with Crippen molar-refractivity contribution in [3.63, 3.8) is 0 Å². The summed E-state index contributed by atoms with van der Waals surface area (Å²) in [6.45, 7) is 0. The first-order valence-electron chi connectivity index (χ1n) is 7.79. The number of ketones is 1. The highest BCUT2D eigenvalue weighted by Crippen LogP contribution is 2.23. The van der Waals surface area contributed by atoms with Gasteiger partial charge in [0, 0.05) is 37.3 Å². The number of rotatable bonds is 8. The average molecular weight is 337 g/mol. The van der Waals surface area contributed by atoms with Crippen LogP contribution in [-0.2, 0) is 19.2 Å². The fourth-order valence-electron chi connectivity index (χ4n) is 2.48. The number of nitrogens with zero attached hydrogens (tertiary/aromatic N) is 1. The maximum absolute atomic E-state index is 13.8. The van der Waals surface area contributed by atoms with Crippen molar-refractivity contribution < 1.29 is 28.7 Å². The quantitative estimate of drug-likeness (QED) is 0.582. The van der Waals surface area contributed by atoms with Gasteiger partial charge in [0.15, 0.2) is 0 Å². The number of esters is 1. The largest absolute Gasteiger partial charge is 0.508 e. The number of phenols is 1. The maximum Gasteiger partial charge on any atom is 0.305 e. The van der Waals surface area contributed by atoms with E-state index < -0.39 is 11.9 Å². The Morgan fingerprint density at radius 2 is 2.12 bits per heavy atom. The molecule has 0 aliphatic carbocycles. The van der Waals surface area contributed by atoms with Crippen LogP contribution in [0.25, 0.3) is 0 Å². The van der Waals surface area contributed by atoms with E-state index >= 15 is 0 Å². The highest BCUT2D eigenvalue weighted by molar-refractivity contribution is 6.01. The molecule has 1 aliphatic heterocycles. The minimum Gasteiger partial charge on any atom is -0.508 e. The molecule has 6 nitrogen and oxygen atoms in total. The van der Waals surface area contributed by atoms with Crippen LogP contribution >= 0.6 is 0 Å². The Balaban J connectivity index is 1.74. The van der Waals surface area contributed by atoms with Crippen LogP contribution in [0, 0.1) is 5.82 Å². The van der Waals surface area contributed by atoms with E-state index in [1.807, 2.05) is 0 Å². The number of carbonyl (C=O) groups is 2. The summed E-state index contributed by atoms with van der Waals surface area (Å²) in [6, 6.07) is 3.82. The van der Waals surface area contributed by atoms with Gasteiger partial charge in [-0.1, -0.05) is 5.16 Å². The van der Waals surface area contributed by atoms with E-state index in [0.717, 1.165) is 6.07 Å². The third-order valence-corrected chi connectivity index (χ3v) is 3.77. The Bertz CT molecular complexity index is 644. The van der Waals surface area contributed by atoms with Gasteiger partial charge in [0.05, 0.1) is 12.8 Å². The van der Waals surface area contributed by atoms with Crippen LogP contribution in [0.2, 0.25) is 0 Å². The molecule has 1 atom stereocenters. The van der Waals surface area contributed by atoms with Gasteiger partial charge in [0.25, 0.3) is 0 Å². The van der Waals surface area contributed by atoms with Crippen molar-refractivity contribution in [2.45, 2.75) is 44.6 Å². The topological polar surface area (TPSA) is 85.2 Å². The number of hydrogen-bond acceptors (Lipinski definition) is 6. The van der Waals surface area contributed by atoms with Crippen LogP contribution in [0.4, 0.5) is 4.39 Å². The van der Waals surface area contributed by atoms with Gasteiger partial charge in [-0.25, -0.2) is 4.39 Å². The zero-order valence-corrected chi connectivity index (χ0v) is 13.5. The van der Waals surface area contributed by atoms with Gasteiger partial charge >= 0.3 is 5.97 Å². The lowest BCUT2D eigenvalue weighted by atomic mass is 10.00. The van der Waals surface area contributed by atoms with E-state index in [2.05, 4.69) is 9.89 Å². The predicted octanol–water partition coefficient (Wildman–Crippen LogP) is 2.72. The molecule has 2 rings (SSSR count). The number of aromatic hydroxyl groups is 1. The summed E-state index contributed by atoms with van der Waals surface area (Å²) in [7, 11) is 1.33. The number of halogens is 1. The molecule has 0 aromatic heterocycles.